The van der Waals surface area contributed by atoms with E-state index >= 15 is 0 Å². The summed E-state index contributed by atoms with van der Waals surface area (Å²) in [5, 5.41) is 13.4. The number of nitro benzene ring substituents is 1. The van der Waals surface area contributed by atoms with Crippen molar-refractivity contribution in [3.63, 3.8) is 0 Å². The van der Waals surface area contributed by atoms with Crippen LogP contribution in [0.2, 0.25) is 0 Å². The number of terminal acetylenes is 1. The molecule has 0 aliphatic heterocycles. The van der Waals surface area contributed by atoms with Crippen LogP contribution in [-0.2, 0) is 0 Å². The van der Waals surface area contributed by atoms with Gasteiger partial charge in [-0.15, -0.1) is 12.3 Å². The third-order valence-corrected chi connectivity index (χ3v) is 2.43. The largest absolute Gasteiger partial charge is 0.376 e. The summed E-state index contributed by atoms with van der Waals surface area (Å²) in [4.78, 5) is 9.86. The van der Waals surface area contributed by atoms with Crippen molar-refractivity contribution in [3.05, 3.63) is 33.9 Å². The van der Waals surface area contributed by atoms with Gasteiger partial charge >= 0.3 is 5.69 Å². The Kier molecular flexibility index (Phi) is 4.60. The number of anilines is 1. The molecule has 0 spiro atoms. The van der Waals surface area contributed by atoms with Gasteiger partial charge in [0.1, 0.15) is 11.5 Å². The van der Waals surface area contributed by atoms with Crippen molar-refractivity contribution < 1.29 is 13.7 Å². The van der Waals surface area contributed by atoms with Crippen LogP contribution in [0.1, 0.15) is 19.8 Å². The minimum absolute atomic E-state index is 0.195. The Balaban J connectivity index is 3.14. The molecule has 1 unspecified atom stereocenters. The van der Waals surface area contributed by atoms with Crippen molar-refractivity contribution in [1.29, 1.82) is 0 Å². The standard InChI is InChI=1S/C12H12F2N2O2/c1-3-5-9(4-2)15-11-7-8(13)6-10(14)12(11)16(17)18/h1,6-7,9,15H,4-5H2,2H3. The molecule has 1 N–H and O–H groups in total. The van der Waals surface area contributed by atoms with Gasteiger partial charge in [-0.05, 0) is 6.42 Å². The van der Waals surface area contributed by atoms with Gasteiger partial charge in [0.2, 0.25) is 5.82 Å². The first kappa shape index (κ1) is 13.9. The fourth-order valence-electron chi connectivity index (χ4n) is 1.52. The van der Waals surface area contributed by atoms with Crippen LogP contribution in [-0.4, -0.2) is 11.0 Å². The van der Waals surface area contributed by atoms with Gasteiger partial charge in [-0.2, -0.15) is 4.39 Å². The molecule has 0 aliphatic rings. The van der Waals surface area contributed by atoms with E-state index in [9.17, 15) is 18.9 Å². The number of benzene rings is 1. The maximum atomic E-state index is 13.3. The van der Waals surface area contributed by atoms with E-state index < -0.39 is 22.2 Å². The van der Waals surface area contributed by atoms with Crippen molar-refractivity contribution >= 4 is 11.4 Å². The fourth-order valence-corrected chi connectivity index (χ4v) is 1.52. The first-order valence-electron chi connectivity index (χ1n) is 5.33. The summed E-state index contributed by atoms with van der Waals surface area (Å²) < 4.78 is 26.4. The smallest absolute Gasteiger partial charge is 0.327 e. The Morgan fingerprint density at radius 2 is 2.22 bits per heavy atom. The van der Waals surface area contributed by atoms with E-state index in [1.54, 1.807) is 0 Å². The molecule has 6 heteroatoms. The molecular formula is C12H12F2N2O2. The Hall–Kier alpha value is -2.16. The quantitative estimate of drug-likeness (QED) is 0.499. The van der Waals surface area contributed by atoms with E-state index in [4.69, 9.17) is 6.42 Å². The molecule has 0 bridgehead atoms. The average molecular weight is 254 g/mol. The maximum Gasteiger partial charge on any atom is 0.327 e. The van der Waals surface area contributed by atoms with Crippen molar-refractivity contribution in [2.24, 2.45) is 0 Å². The van der Waals surface area contributed by atoms with Crippen LogP contribution in [0.5, 0.6) is 0 Å². The molecule has 1 aromatic rings. The third-order valence-electron chi connectivity index (χ3n) is 2.43. The summed E-state index contributed by atoms with van der Waals surface area (Å²) in [6.45, 7) is 1.82. The van der Waals surface area contributed by atoms with Crippen molar-refractivity contribution in [2.45, 2.75) is 25.8 Å². The highest BCUT2D eigenvalue weighted by Gasteiger charge is 2.23. The van der Waals surface area contributed by atoms with Crippen molar-refractivity contribution in [2.75, 3.05) is 5.32 Å². The van der Waals surface area contributed by atoms with Crippen LogP contribution in [0, 0.1) is 34.1 Å². The van der Waals surface area contributed by atoms with Crippen molar-refractivity contribution in [1.82, 2.24) is 0 Å². The molecule has 0 saturated heterocycles. The minimum Gasteiger partial charge on any atom is -0.376 e. The number of halogens is 2. The Morgan fingerprint density at radius 1 is 1.56 bits per heavy atom. The molecule has 0 heterocycles. The second-order valence-corrected chi connectivity index (χ2v) is 3.70. The summed E-state index contributed by atoms with van der Waals surface area (Å²) >= 11 is 0. The Morgan fingerprint density at radius 3 is 2.72 bits per heavy atom. The summed E-state index contributed by atoms with van der Waals surface area (Å²) in [5.74, 6) is 0.308. The van der Waals surface area contributed by atoms with E-state index in [0.29, 0.717) is 18.9 Å². The zero-order valence-corrected chi connectivity index (χ0v) is 9.74. The molecule has 0 fully saturated rings. The molecule has 1 rings (SSSR count). The van der Waals surface area contributed by atoms with Gasteiger partial charge < -0.3 is 5.32 Å². The highest BCUT2D eigenvalue weighted by Crippen LogP contribution is 2.29. The highest BCUT2D eigenvalue weighted by atomic mass is 19.1. The molecule has 18 heavy (non-hydrogen) atoms. The lowest BCUT2D eigenvalue weighted by Gasteiger charge is -2.15. The molecule has 0 aliphatic carbocycles. The van der Waals surface area contributed by atoms with Crippen LogP contribution < -0.4 is 5.32 Å². The van der Waals surface area contributed by atoms with Gasteiger partial charge in [-0.25, -0.2) is 4.39 Å². The van der Waals surface area contributed by atoms with Crippen molar-refractivity contribution in [3.8, 4) is 12.3 Å². The maximum absolute atomic E-state index is 13.3. The molecule has 0 radical (unpaired) electrons. The predicted octanol–water partition coefficient (Wildman–Crippen LogP) is 3.09. The first-order chi connectivity index (χ1) is 8.49. The molecule has 0 amide bonds. The minimum atomic E-state index is -1.21. The number of nitrogens with one attached hydrogen (secondary N) is 1. The van der Waals surface area contributed by atoms with Gasteiger partial charge in [-0.3, -0.25) is 10.1 Å². The van der Waals surface area contributed by atoms with Crippen LogP contribution in [0.15, 0.2) is 12.1 Å². The van der Waals surface area contributed by atoms with Crippen LogP contribution in [0.25, 0.3) is 0 Å². The van der Waals surface area contributed by atoms with E-state index in [-0.39, 0.29) is 11.7 Å². The van der Waals surface area contributed by atoms with Gasteiger partial charge in [0.05, 0.1) is 4.92 Å². The third kappa shape index (κ3) is 3.17. The number of nitrogens with zero attached hydrogens (tertiary/aromatic N) is 1. The summed E-state index contributed by atoms with van der Waals surface area (Å²) in [7, 11) is 0. The molecule has 0 saturated carbocycles. The predicted molar refractivity (Wildman–Crippen MR) is 64.2 cm³/mol. The first-order valence-corrected chi connectivity index (χ1v) is 5.33. The van der Waals surface area contributed by atoms with Gasteiger partial charge in [0.25, 0.3) is 0 Å². The van der Waals surface area contributed by atoms with E-state index in [0.717, 1.165) is 6.07 Å². The average Bonchev–Trinajstić information content (AvgIpc) is 2.26. The van der Waals surface area contributed by atoms with Crippen LogP contribution in [0.3, 0.4) is 0 Å². The highest BCUT2D eigenvalue weighted by molar-refractivity contribution is 5.62. The zero-order valence-electron chi connectivity index (χ0n) is 9.74. The number of hydrogen-bond acceptors (Lipinski definition) is 3. The second kappa shape index (κ2) is 5.96. The SMILES string of the molecule is C#CCC(CC)Nc1cc(F)cc(F)c1[N+](=O)[O-]. The van der Waals surface area contributed by atoms with Gasteiger partial charge in [0, 0.05) is 24.6 Å². The molecule has 1 atom stereocenters. The number of hydrogen-bond donors (Lipinski definition) is 1. The molecule has 0 aromatic heterocycles. The topological polar surface area (TPSA) is 55.2 Å². The van der Waals surface area contributed by atoms with Gasteiger partial charge in [-0.1, -0.05) is 6.92 Å². The Bertz CT molecular complexity index is 498. The lowest BCUT2D eigenvalue weighted by Crippen LogP contribution is -2.19. The van der Waals surface area contributed by atoms with Crippen LogP contribution in [0.4, 0.5) is 20.2 Å². The number of nitro groups is 1. The Labute approximate surface area is 103 Å². The summed E-state index contributed by atoms with van der Waals surface area (Å²) in [6.07, 6.45) is 6.04. The lowest BCUT2D eigenvalue weighted by molar-refractivity contribution is -0.386. The van der Waals surface area contributed by atoms with E-state index in [1.165, 1.54) is 0 Å². The second-order valence-electron chi connectivity index (χ2n) is 3.70. The van der Waals surface area contributed by atoms with E-state index in [2.05, 4.69) is 11.2 Å². The monoisotopic (exact) mass is 254 g/mol. The molecule has 96 valence electrons. The fraction of sp³-hybridized carbons (Fsp3) is 0.333. The normalized spacial score (nSPS) is 11.7. The van der Waals surface area contributed by atoms with E-state index in [1.807, 2.05) is 6.92 Å². The van der Waals surface area contributed by atoms with Gasteiger partial charge in [0.15, 0.2) is 0 Å². The summed E-state index contributed by atoms with van der Waals surface area (Å²) in [5.41, 5.74) is -0.966. The van der Waals surface area contributed by atoms with Crippen LogP contribution >= 0.6 is 0 Å². The number of rotatable bonds is 5. The molecule has 4 nitrogen and oxygen atoms in total. The lowest BCUT2D eigenvalue weighted by atomic mass is 10.1. The summed E-state index contributed by atoms with van der Waals surface area (Å²) in [6, 6.07) is 1.10. The zero-order chi connectivity index (χ0) is 13.7. The molecular weight excluding hydrogens is 242 g/mol. The molecule has 1 aromatic carbocycles.